The molecule has 6 N–H and O–H groups in total. The van der Waals surface area contributed by atoms with Gasteiger partial charge in [-0.2, -0.15) is 8.67 Å². The largest absolute Gasteiger partial charge is 1.00 e. The summed E-state index contributed by atoms with van der Waals surface area (Å²) in [7, 11) is -28.3. The van der Waals surface area contributed by atoms with E-state index < -0.39 is 178 Å². The van der Waals surface area contributed by atoms with Gasteiger partial charge in [-0.15, -0.1) is 53.9 Å². The molecule has 0 spiro atoms. The molecular weight excluding hydrogens is 2080 g/mol. The number of ether oxygens (including phenoxy) is 4. The number of fused-ring (bicyclic) bond motifs is 2. The van der Waals surface area contributed by atoms with Crippen LogP contribution in [0.25, 0.3) is 21.5 Å². The number of nitrogens with zero attached hydrogens (tertiary/aromatic N) is 8. The second-order valence-corrected chi connectivity index (χ2v) is 37.7. The monoisotopic (exact) mass is 2130 g/mol. The number of sulfone groups is 4. The number of hydrogen-bond acceptors (Lipinski definition) is 57. The number of nitrogen functional groups attached to an aromatic ring is 2. The molecule has 0 atom stereocenters. The second-order valence-electron chi connectivity index (χ2n) is 22.6. The molecule has 0 aliphatic rings. The van der Waals surface area contributed by atoms with Crippen LogP contribution < -0.4 is 293 Å². The Balaban J connectivity index is 0. The average molecular weight is 2130 g/mol. The van der Waals surface area contributed by atoms with E-state index in [1.165, 1.54) is 64.5 Å². The van der Waals surface area contributed by atoms with E-state index in [1.807, 2.05) is 0 Å². The van der Waals surface area contributed by atoms with Gasteiger partial charge in [0.15, 0.2) is 87.8 Å². The average Bonchev–Trinajstić information content (AvgIpc) is 0.742. The summed E-state index contributed by atoms with van der Waals surface area (Å²) >= 11 is 0.710. The molecule has 0 bridgehead atoms. The molecule has 0 radical (unpaired) electrons. The van der Waals surface area contributed by atoms with E-state index in [1.54, 1.807) is 0 Å². The quantitative estimate of drug-likeness (QED) is 0.00317. The van der Waals surface area contributed by atoms with E-state index in [0.717, 1.165) is 56.7 Å². The van der Waals surface area contributed by atoms with E-state index in [9.17, 15) is 109 Å². The SMILES string of the molecule is COc1cc(S(=O)(=O)CCOS(=O)(=O)[O-])c(OC)cc1N=Nc1c(S(=O)(=O)[O-])cc2cc(SOO[O-])c(N=Nc3cc(C)c(S(=O)(=O)CCOSOO[O-])cc3OC)c(O)c2c1N.COc1cc(S(=O)(=O)CCOSOO[O-])c(C)cc1N=Nc1c(SOO[O-])cc2c(N=Nc3ccc(S(=O)(=O)CCOSOO[O-])cc3S(=O)(=O)[O-])c(N)ccc2c1O.[Na+].[Na+].[Na+].[Na+].[Na+].[Na+].[Na+].[Na+]. The van der Waals surface area contributed by atoms with Gasteiger partial charge in [0.1, 0.15) is 93.6 Å². The molecule has 52 nitrogen and oxygen atoms in total. The van der Waals surface area contributed by atoms with Gasteiger partial charge in [0.25, 0.3) is 0 Å². The fourth-order valence-corrected chi connectivity index (χ4v) is 18.9. The van der Waals surface area contributed by atoms with Crippen LogP contribution in [0.15, 0.2) is 165 Å². The van der Waals surface area contributed by atoms with Crippen LogP contribution in [-0.4, -0.2) is 161 Å². The van der Waals surface area contributed by atoms with Gasteiger partial charge < -0.3 is 80.6 Å². The molecule has 0 amide bonds. The van der Waals surface area contributed by atoms with Crippen LogP contribution in [0.1, 0.15) is 11.1 Å². The number of rotatable bonds is 46. The van der Waals surface area contributed by atoms with Gasteiger partial charge >= 0.3 is 236 Å². The molecule has 130 heavy (non-hydrogen) atoms. The van der Waals surface area contributed by atoms with Gasteiger partial charge in [0.05, 0.1) is 153 Å². The van der Waals surface area contributed by atoms with Crippen LogP contribution in [0.5, 0.6) is 34.5 Å². The van der Waals surface area contributed by atoms with E-state index in [0.29, 0.717) is 6.07 Å². The molecule has 0 saturated heterocycles. The van der Waals surface area contributed by atoms with Gasteiger partial charge in [0.2, 0.25) is 10.4 Å². The van der Waals surface area contributed by atoms with Crippen molar-refractivity contribution >= 4 is 209 Å². The zero-order valence-electron chi connectivity index (χ0n) is 69.6. The first-order valence-corrected chi connectivity index (χ1v) is 45.8. The van der Waals surface area contributed by atoms with E-state index in [2.05, 4.69) is 96.1 Å². The van der Waals surface area contributed by atoms with Crippen molar-refractivity contribution in [2.45, 2.75) is 53.0 Å². The molecule has 0 aliphatic carbocycles. The number of nitrogens with two attached hydrogens (primary N) is 2. The first-order valence-electron chi connectivity index (χ1n) is 31.6. The van der Waals surface area contributed by atoms with Crippen molar-refractivity contribution in [1.29, 1.82) is 0 Å². The number of anilines is 2. The minimum absolute atomic E-state index is 0. The van der Waals surface area contributed by atoms with Gasteiger partial charge in [0, 0.05) is 35.0 Å². The van der Waals surface area contributed by atoms with Crippen LogP contribution in [-0.2, 0) is 134 Å². The number of methoxy groups -OCH3 is 4. The summed E-state index contributed by atoms with van der Waals surface area (Å²) < 4.78 is 270. The zero-order chi connectivity index (χ0) is 90.3. The normalized spacial score (nSPS) is 11.9. The molecule has 8 rings (SSSR count). The predicted octanol–water partition coefficient (Wildman–Crippen LogP) is -19.1. The zero-order valence-corrected chi connectivity index (χ0v) is 95.4. The maximum absolute atomic E-state index is 13.0. The number of hydrogen-bond donors (Lipinski definition) is 4. The molecule has 0 unspecified atom stereocenters. The Bertz CT molecular complexity index is 6170. The maximum Gasteiger partial charge on any atom is 1.00 e. The second kappa shape index (κ2) is 61.4. The van der Waals surface area contributed by atoms with Crippen molar-refractivity contribution in [3.63, 3.8) is 0 Å². The molecule has 0 saturated carbocycles. The van der Waals surface area contributed by atoms with Crippen molar-refractivity contribution in [2.75, 3.05) is 89.3 Å². The summed E-state index contributed by atoms with van der Waals surface area (Å²) in [6.45, 7) is 0.479. The van der Waals surface area contributed by atoms with Crippen molar-refractivity contribution in [1.82, 2.24) is 0 Å². The molecular formula is C58H54N10Na8O42S12. The Morgan fingerprint density at radius 1 is 0.369 bits per heavy atom. The third-order valence-electron chi connectivity index (χ3n) is 15.3. The molecule has 668 valence electrons. The number of azo groups is 4. The van der Waals surface area contributed by atoms with E-state index in [-0.39, 0.29) is 402 Å². The minimum atomic E-state index is -5.48. The van der Waals surface area contributed by atoms with E-state index in [4.69, 9.17) is 38.8 Å². The van der Waals surface area contributed by atoms with Crippen LogP contribution in [0.2, 0.25) is 0 Å². The van der Waals surface area contributed by atoms with Crippen LogP contribution in [0.4, 0.5) is 56.9 Å². The predicted molar refractivity (Wildman–Crippen MR) is 401 cm³/mol. The first-order chi connectivity index (χ1) is 57.5. The third kappa shape index (κ3) is 37.5. The number of aromatic hydroxyl groups is 2. The minimum Gasteiger partial charge on any atom is -0.744 e. The van der Waals surface area contributed by atoms with Crippen molar-refractivity contribution in [3.8, 4) is 34.5 Å². The summed E-state index contributed by atoms with van der Waals surface area (Å²) in [6, 6.07) is 14.7. The molecule has 72 heteroatoms. The molecule has 0 aromatic heterocycles. The summed E-state index contributed by atoms with van der Waals surface area (Å²) in [5.74, 6) is -5.32. The van der Waals surface area contributed by atoms with Gasteiger partial charge in [-0.05, 0) is 91.0 Å². The molecule has 0 heterocycles. The molecule has 8 aromatic carbocycles. The Kier molecular flexibility index (Phi) is 62.2. The van der Waals surface area contributed by atoms with E-state index >= 15 is 0 Å². The van der Waals surface area contributed by atoms with Gasteiger partial charge in [-0.1, -0.05) is 0 Å². The fourth-order valence-electron chi connectivity index (χ4n) is 10.1. The standard InChI is InChI=1S/C30H33N5O22S6.C28H29N5O20S6.8Na/c1-15-9-17(19(49-2)13-23(15)60(39,40)7-5-52-59-57-55-38)32-34-28-22(58-56-54-37)10-16-11-25(62(43,44)45)29(27(31)26(16)30(28)36)35-33-18-12-21(51-4)24(14-20(18)50-3)61(41,42)8-6-53-63(46,47)48;1-15-11-21(22(45-2)14-24(15)58(40,41)10-8-47-56-53-50-37)31-33-27-23(54-51-48-35)13-18-17(28(27)34)4-5-19(29)26(18)32-30-20-6-3-16(12-25(20)59(42,43)44)57(38,39)9-7-46-55-52-49-36;;;;;;;;/h9-14,36-38H,5-8,31H2,1-4H3,(H,43,44,45)(H,46,47,48);3-6,11-14,34-37H,7-10,29H2,1-2H3,(H,42,43,44);;;;;;;;/q;;8*+1/p-8. The molecule has 8 aromatic rings. The smallest absolute Gasteiger partial charge is 0.744 e. The number of benzene rings is 8. The number of aryl methyl sites for hydroxylation is 2. The molecule has 0 aliphatic heterocycles. The maximum atomic E-state index is 13.0. The summed E-state index contributed by atoms with van der Waals surface area (Å²) in [5.41, 5.74) is 9.03. The Morgan fingerprint density at radius 2 is 0.754 bits per heavy atom. The van der Waals surface area contributed by atoms with Crippen LogP contribution >= 0.6 is 61.1 Å². The summed E-state index contributed by atoms with van der Waals surface area (Å²) in [4.78, 5) is -4.16. The van der Waals surface area contributed by atoms with Crippen molar-refractivity contribution in [2.24, 2.45) is 40.9 Å². The fraction of sp³-hybridized carbons (Fsp3) is 0.241. The Labute approximate surface area is 937 Å². The first kappa shape index (κ1) is 132. The summed E-state index contributed by atoms with van der Waals surface area (Å²) in [5, 5.41) is 121. The number of phenolic OH excluding ortho intramolecular Hbond substituents is 2. The third-order valence-corrected chi connectivity index (χ3v) is 26.9. The van der Waals surface area contributed by atoms with Crippen molar-refractivity contribution < 1.29 is 428 Å². The van der Waals surface area contributed by atoms with Crippen LogP contribution in [0.3, 0.4) is 0 Å². The number of phenols is 2. The van der Waals surface area contributed by atoms with Crippen molar-refractivity contribution in [3.05, 3.63) is 96.1 Å². The van der Waals surface area contributed by atoms with Gasteiger partial charge in [-0.25, -0.2) is 58.9 Å². The van der Waals surface area contributed by atoms with Gasteiger partial charge in [-0.3, -0.25) is 41.9 Å². The Hall–Kier alpha value is -0.400. The molecule has 0 fully saturated rings. The van der Waals surface area contributed by atoms with Crippen LogP contribution in [0, 0.1) is 13.8 Å². The summed E-state index contributed by atoms with van der Waals surface area (Å²) in [6.07, 6.45) is 0. The topological polar surface area (TPSA) is 781 Å². The Morgan fingerprint density at radius 3 is 1.18 bits per heavy atom.